The first-order chi connectivity index (χ1) is 10.1. The average Bonchev–Trinajstić information content (AvgIpc) is 3.12. The first kappa shape index (κ1) is 13.9. The Bertz CT molecular complexity index is 804. The summed E-state index contributed by atoms with van der Waals surface area (Å²) in [6.07, 6.45) is 0. The van der Waals surface area contributed by atoms with Crippen LogP contribution in [0.1, 0.15) is 20.2 Å². The second-order valence-corrected chi connectivity index (χ2v) is 5.65. The van der Waals surface area contributed by atoms with Crippen LogP contribution >= 0.6 is 22.9 Å². The summed E-state index contributed by atoms with van der Waals surface area (Å²) in [4.78, 5) is 24.2. The molecular formula is C15H9ClO4S. The van der Waals surface area contributed by atoms with E-state index in [0.29, 0.717) is 20.9 Å². The number of furan rings is 1. The summed E-state index contributed by atoms with van der Waals surface area (Å²) < 4.78 is 10.3. The van der Waals surface area contributed by atoms with E-state index in [2.05, 4.69) is 0 Å². The molecule has 4 nitrogen and oxygen atoms in total. The van der Waals surface area contributed by atoms with Gasteiger partial charge in [-0.25, -0.2) is 4.79 Å². The van der Waals surface area contributed by atoms with Gasteiger partial charge < -0.3 is 9.15 Å². The number of hydrogen-bond acceptors (Lipinski definition) is 5. The van der Waals surface area contributed by atoms with Crippen LogP contribution in [0.2, 0.25) is 5.02 Å². The van der Waals surface area contributed by atoms with Crippen molar-refractivity contribution in [2.45, 2.75) is 0 Å². The summed E-state index contributed by atoms with van der Waals surface area (Å²) in [5, 5.41) is 3.05. The third kappa shape index (κ3) is 2.99. The monoisotopic (exact) mass is 320 g/mol. The van der Waals surface area contributed by atoms with E-state index in [1.807, 2.05) is 0 Å². The minimum absolute atomic E-state index is 0.0475. The predicted molar refractivity (Wildman–Crippen MR) is 80.2 cm³/mol. The van der Waals surface area contributed by atoms with E-state index in [4.69, 9.17) is 20.8 Å². The van der Waals surface area contributed by atoms with Crippen LogP contribution in [-0.4, -0.2) is 18.4 Å². The number of fused-ring (bicyclic) bond motifs is 1. The van der Waals surface area contributed by atoms with E-state index in [1.165, 1.54) is 11.3 Å². The molecule has 0 amide bonds. The summed E-state index contributed by atoms with van der Waals surface area (Å²) in [6.45, 7) is -0.308. The Morgan fingerprint density at radius 1 is 1.24 bits per heavy atom. The Morgan fingerprint density at radius 3 is 2.86 bits per heavy atom. The number of ether oxygens (including phenoxy) is 1. The first-order valence-electron chi connectivity index (χ1n) is 6.06. The van der Waals surface area contributed by atoms with Gasteiger partial charge in [0.05, 0.1) is 4.88 Å². The van der Waals surface area contributed by atoms with Crippen molar-refractivity contribution in [1.29, 1.82) is 0 Å². The van der Waals surface area contributed by atoms with Crippen molar-refractivity contribution in [3.63, 3.8) is 0 Å². The highest BCUT2D eigenvalue weighted by atomic mass is 35.5. The Labute approximate surface area is 128 Å². The van der Waals surface area contributed by atoms with Crippen LogP contribution in [0.4, 0.5) is 0 Å². The molecule has 2 aromatic heterocycles. The smallest absolute Gasteiger partial charge is 0.374 e. The van der Waals surface area contributed by atoms with E-state index in [-0.39, 0.29) is 18.2 Å². The average molecular weight is 321 g/mol. The van der Waals surface area contributed by atoms with Gasteiger partial charge in [-0.2, -0.15) is 0 Å². The van der Waals surface area contributed by atoms with Crippen LogP contribution < -0.4 is 0 Å². The quantitative estimate of drug-likeness (QED) is 0.534. The molecule has 106 valence electrons. The molecule has 0 bridgehead atoms. The van der Waals surface area contributed by atoms with Crippen LogP contribution in [0, 0.1) is 0 Å². The molecule has 0 radical (unpaired) electrons. The number of Topliss-reactive ketones (excluding diaryl/α,β-unsaturated/α-hetero) is 1. The summed E-state index contributed by atoms with van der Waals surface area (Å²) in [6, 6.07) is 10.0. The maximum Gasteiger partial charge on any atom is 0.374 e. The van der Waals surface area contributed by atoms with Crippen LogP contribution in [0.25, 0.3) is 11.0 Å². The molecule has 0 saturated carbocycles. The molecule has 0 atom stereocenters. The molecule has 0 spiro atoms. The molecule has 1 aromatic carbocycles. The summed E-state index contributed by atoms with van der Waals surface area (Å²) >= 11 is 7.17. The fourth-order valence-electron chi connectivity index (χ4n) is 1.83. The molecular weight excluding hydrogens is 312 g/mol. The summed E-state index contributed by atoms with van der Waals surface area (Å²) in [7, 11) is 0. The molecule has 0 saturated heterocycles. The molecule has 3 aromatic rings. The van der Waals surface area contributed by atoms with Crippen LogP contribution in [0.5, 0.6) is 0 Å². The van der Waals surface area contributed by atoms with Gasteiger partial charge in [-0.1, -0.05) is 17.7 Å². The Hall–Kier alpha value is -2.11. The van der Waals surface area contributed by atoms with Gasteiger partial charge >= 0.3 is 5.97 Å². The van der Waals surface area contributed by atoms with Gasteiger partial charge in [0.2, 0.25) is 11.5 Å². The van der Waals surface area contributed by atoms with E-state index < -0.39 is 5.97 Å². The highest BCUT2D eigenvalue weighted by Gasteiger charge is 2.16. The third-order valence-corrected chi connectivity index (χ3v) is 3.96. The van der Waals surface area contributed by atoms with E-state index in [1.54, 1.807) is 41.8 Å². The standard InChI is InChI=1S/C15H9ClO4S/c16-10-3-4-12-9(6-10)7-13(20-12)15(18)19-8-11(17)14-2-1-5-21-14/h1-7H,8H2. The van der Waals surface area contributed by atoms with Gasteiger partial charge in [-0.3, -0.25) is 4.79 Å². The van der Waals surface area contributed by atoms with Crippen molar-refractivity contribution >= 4 is 45.7 Å². The third-order valence-electron chi connectivity index (χ3n) is 2.81. The summed E-state index contributed by atoms with van der Waals surface area (Å²) in [5.74, 6) is -0.865. The molecule has 0 N–H and O–H groups in total. The second-order valence-electron chi connectivity index (χ2n) is 4.27. The van der Waals surface area contributed by atoms with Crippen molar-refractivity contribution in [3.05, 3.63) is 57.4 Å². The molecule has 0 unspecified atom stereocenters. The highest BCUT2D eigenvalue weighted by Crippen LogP contribution is 2.23. The molecule has 0 fully saturated rings. The van der Waals surface area contributed by atoms with Gasteiger partial charge in [-0.05, 0) is 35.7 Å². The number of halogens is 1. The highest BCUT2D eigenvalue weighted by molar-refractivity contribution is 7.12. The van der Waals surface area contributed by atoms with Crippen LogP contribution in [0.15, 0.2) is 46.2 Å². The number of esters is 1. The van der Waals surface area contributed by atoms with Crippen LogP contribution in [0.3, 0.4) is 0 Å². The number of benzene rings is 1. The molecule has 0 aliphatic carbocycles. The maximum atomic E-state index is 11.9. The predicted octanol–water partition coefficient (Wildman–Crippen LogP) is 4.19. The zero-order valence-electron chi connectivity index (χ0n) is 10.7. The van der Waals surface area contributed by atoms with Gasteiger partial charge in [0.15, 0.2) is 6.61 Å². The van der Waals surface area contributed by atoms with Crippen molar-refractivity contribution < 1.29 is 18.7 Å². The molecule has 0 aliphatic rings. The van der Waals surface area contributed by atoms with Crippen molar-refractivity contribution in [1.82, 2.24) is 0 Å². The summed E-state index contributed by atoms with van der Waals surface area (Å²) in [5.41, 5.74) is 0.538. The number of thiophene rings is 1. The first-order valence-corrected chi connectivity index (χ1v) is 7.32. The minimum Gasteiger partial charge on any atom is -0.451 e. The number of carbonyl (C=O) groups is 2. The molecule has 21 heavy (non-hydrogen) atoms. The topological polar surface area (TPSA) is 56.5 Å². The number of carbonyl (C=O) groups excluding carboxylic acids is 2. The number of rotatable bonds is 4. The zero-order chi connectivity index (χ0) is 14.8. The minimum atomic E-state index is -0.674. The zero-order valence-corrected chi connectivity index (χ0v) is 12.2. The second kappa shape index (κ2) is 5.71. The Balaban J connectivity index is 1.70. The fourth-order valence-corrected chi connectivity index (χ4v) is 2.66. The van der Waals surface area contributed by atoms with Crippen molar-refractivity contribution in [2.24, 2.45) is 0 Å². The molecule has 6 heteroatoms. The lowest BCUT2D eigenvalue weighted by Gasteiger charge is -2.00. The van der Waals surface area contributed by atoms with Gasteiger partial charge in [0.1, 0.15) is 5.58 Å². The molecule has 2 heterocycles. The van der Waals surface area contributed by atoms with Gasteiger partial charge in [-0.15, -0.1) is 11.3 Å². The molecule has 3 rings (SSSR count). The van der Waals surface area contributed by atoms with Gasteiger partial charge in [0.25, 0.3) is 0 Å². The van der Waals surface area contributed by atoms with E-state index in [0.717, 1.165) is 0 Å². The lowest BCUT2D eigenvalue weighted by Crippen LogP contribution is -2.12. The number of hydrogen-bond donors (Lipinski definition) is 0. The fraction of sp³-hybridized carbons (Fsp3) is 0.0667. The van der Waals surface area contributed by atoms with Crippen molar-refractivity contribution in [2.75, 3.05) is 6.61 Å². The Morgan fingerprint density at radius 2 is 2.10 bits per heavy atom. The SMILES string of the molecule is O=C(OCC(=O)c1cccs1)c1cc2cc(Cl)ccc2o1. The Kier molecular flexibility index (Phi) is 3.77. The van der Waals surface area contributed by atoms with Gasteiger partial charge in [0, 0.05) is 10.4 Å². The van der Waals surface area contributed by atoms with Crippen LogP contribution in [-0.2, 0) is 4.74 Å². The lowest BCUT2D eigenvalue weighted by atomic mass is 10.2. The van der Waals surface area contributed by atoms with Crippen molar-refractivity contribution in [3.8, 4) is 0 Å². The normalized spacial score (nSPS) is 10.7. The molecule has 0 aliphatic heterocycles. The number of ketones is 1. The van der Waals surface area contributed by atoms with E-state index >= 15 is 0 Å². The largest absolute Gasteiger partial charge is 0.451 e. The lowest BCUT2D eigenvalue weighted by molar-refractivity contribution is 0.0447. The maximum absolute atomic E-state index is 11.9. The van der Waals surface area contributed by atoms with E-state index in [9.17, 15) is 9.59 Å².